The number of aliphatic hydroxyl groups is 1. The molecule has 6 unspecified atom stereocenters. The van der Waals surface area contributed by atoms with E-state index in [0.29, 0.717) is 24.2 Å². The molecule has 6 atom stereocenters. The minimum absolute atomic E-state index is 0.00838. The van der Waals surface area contributed by atoms with Gasteiger partial charge in [0.2, 0.25) is 5.43 Å². The van der Waals surface area contributed by atoms with Crippen molar-refractivity contribution in [2.45, 2.75) is 69.9 Å². The van der Waals surface area contributed by atoms with Crippen LogP contribution < -0.4 is 15.6 Å². The van der Waals surface area contributed by atoms with Gasteiger partial charge in [-0.15, -0.1) is 0 Å². The van der Waals surface area contributed by atoms with Crippen molar-refractivity contribution in [2.24, 2.45) is 23.7 Å². The van der Waals surface area contributed by atoms with Gasteiger partial charge in [-0.05, 0) is 106 Å². The van der Waals surface area contributed by atoms with Crippen molar-refractivity contribution in [3.8, 4) is 5.69 Å². The number of pyridine rings is 2. The van der Waals surface area contributed by atoms with Gasteiger partial charge in [0.05, 0.1) is 23.7 Å². The van der Waals surface area contributed by atoms with Crippen LogP contribution in [0.3, 0.4) is 0 Å². The average molecular weight is 563 g/mol. The number of nitrogens with one attached hydrogen (secondary N) is 1. The molecule has 7 nitrogen and oxygen atoms in total. The Balaban J connectivity index is 1.31. The Hall–Kier alpha value is -3.33. The molecule has 3 aliphatic carbocycles. The maximum absolute atomic E-state index is 15.2. The first-order valence-corrected chi connectivity index (χ1v) is 14.9. The predicted octanol–water partition coefficient (Wildman–Crippen LogP) is 4.96. The molecule has 7 rings (SSSR count). The summed E-state index contributed by atoms with van der Waals surface area (Å²) in [7, 11) is 0. The molecule has 4 aliphatic rings. The number of aliphatic hydroxyl groups excluding tert-OH is 1. The maximum atomic E-state index is 15.2. The van der Waals surface area contributed by atoms with Crippen LogP contribution >= 0.6 is 0 Å². The minimum atomic E-state index is -0.828. The smallest absolute Gasteiger partial charge is 0.257 e. The summed E-state index contributed by atoms with van der Waals surface area (Å²) in [5.74, 6) is 1.34. The fourth-order valence-corrected chi connectivity index (χ4v) is 8.50. The highest BCUT2D eigenvalue weighted by atomic mass is 19.1. The van der Waals surface area contributed by atoms with Gasteiger partial charge in [-0.25, -0.2) is 13.8 Å². The highest BCUT2D eigenvalue weighted by Crippen LogP contribution is 2.60. The number of piperidine rings is 1. The topological polar surface area (TPSA) is 87.5 Å². The molecule has 1 amide bonds. The van der Waals surface area contributed by atoms with E-state index >= 15 is 4.39 Å². The minimum Gasteiger partial charge on any atom is -0.394 e. The van der Waals surface area contributed by atoms with Crippen LogP contribution in [0.1, 0.15) is 68.6 Å². The third kappa shape index (κ3) is 4.53. The summed E-state index contributed by atoms with van der Waals surface area (Å²) in [6.07, 6.45) is 9.58. The van der Waals surface area contributed by atoms with E-state index in [9.17, 15) is 19.1 Å². The highest BCUT2D eigenvalue weighted by molar-refractivity contribution is 5.97. The predicted molar refractivity (Wildman–Crippen MR) is 152 cm³/mol. The number of nitrogens with zero attached hydrogens (tertiary/aromatic N) is 3. The van der Waals surface area contributed by atoms with Crippen LogP contribution in [0.15, 0.2) is 41.3 Å². The quantitative estimate of drug-likeness (QED) is 0.459. The molecule has 9 heteroatoms. The number of halogens is 2. The summed E-state index contributed by atoms with van der Waals surface area (Å²) in [5, 5.41) is 13.3. The lowest BCUT2D eigenvalue weighted by atomic mass is 9.62. The van der Waals surface area contributed by atoms with Gasteiger partial charge in [-0.2, -0.15) is 0 Å². The number of hydrogen-bond acceptors (Lipinski definition) is 5. The Labute approximate surface area is 237 Å². The number of benzene rings is 1. The molecule has 4 fully saturated rings. The van der Waals surface area contributed by atoms with Gasteiger partial charge in [-0.3, -0.25) is 14.2 Å². The number of amides is 1. The molecule has 0 radical (unpaired) electrons. The molecule has 2 bridgehead atoms. The summed E-state index contributed by atoms with van der Waals surface area (Å²) in [6, 6.07) is 6.45. The van der Waals surface area contributed by atoms with Crippen LogP contribution in [0.4, 0.5) is 14.6 Å². The second-order valence-electron chi connectivity index (χ2n) is 13.1. The normalized spacial score (nSPS) is 30.6. The van der Waals surface area contributed by atoms with Gasteiger partial charge in [0.1, 0.15) is 23.0 Å². The van der Waals surface area contributed by atoms with Gasteiger partial charge in [0.25, 0.3) is 5.91 Å². The molecule has 2 aromatic heterocycles. The van der Waals surface area contributed by atoms with E-state index in [1.165, 1.54) is 36.1 Å². The van der Waals surface area contributed by atoms with E-state index in [-0.39, 0.29) is 34.9 Å². The monoisotopic (exact) mass is 562 g/mol. The van der Waals surface area contributed by atoms with Gasteiger partial charge in [0.15, 0.2) is 5.65 Å². The first-order valence-electron chi connectivity index (χ1n) is 14.9. The highest BCUT2D eigenvalue weighted by Gasteiger charge is 2.53. The molecule has 3 saturated carbocycles. The molecule has 1 aliphatic heterocycles. The van der Waals surface area contributed by atoms with E-state index in [2.05, 4.69) is 12.2 Å². The second kappa shape index (κ2) is 9.89. The average Bonchev–Trinajstić information content (AvgIpc) is 3.21. The summed E-state index contributed by atoms with van der Waals surface area (Å²) >= 11 is 0. The summed E-state index contributed by atoms with van der Waals surface area (Å²) in [6.45, 7) is 2.75. The van der Waals surface area contributed by atoms with Crippen molar-refractivity contribution in [3.05, 3.63) is 63.9 Å². The van der Waals surface area contributed by atoms with Gasteiger partial charge in [-0.1, -0.05) is 0 Å². The van der Waals surface area contributed by atoms with Crippen molar-refractivity contribution in [2.75, 3.05) is 18.1 Å². The number of carbonyl (C=O) groups is 1. The molecule has 3 heterocycles. The Kier molecular flexibility index (Phi) is 6.41. The SMILES string of the molecule is CC1(NC(=O)c2cn(-c3ccc(F)cc3F)c3nc(N4CCCCC4CO)ccc3c2=O)CC2CC3CC(C1)C3C2. The molecule has 41 heavy (non-hydrogen) atoms. The fraction of sp³-hybridized carbons (Fsp3) is 0.531. The van der Waals surface area contributed by atoms with Crippen LogP contribution in [0.25, 0.3) is 16.7 Å². The maximum Gasteiger partial charge on any atom is 0.257 e. The fourth-order valence-electron chi connectivity index (χ4n) is 8.50. The largest absolute Gasteiger partial charge is 0.394 e. The first-order chi connectivity index (χ1) is 19.7. The summed E-state index contributed by atoms with van der Waals surface area (Å²) in [4.78, 5) is 34.4. The lowest BCUT2D eigenvalue weighted by molar-refractivity contribution is 0.0570. The van der Waals surface area contributed by atoms with Gasteiger partial charge in [0, 0.05) is 24.3 Å². The second-order valence-corrected chi connectivity index (χ2v) is 13.1. The van der Waals surface area contributed by atoms with E-state index < -0.39 is 28.5 Å². The van der Waals surface area contributed by atoms with Crippen LogP contribution in [-0.2, 0) is 0 Å². The van der Waals surface area contributed by atoms with E-state index in [0.717, 1.165) is 56.1 Å². The number of anilines is 1. The molecular formula is C32H36F2N4O3. The lowest BCUT2D eigenvalue weighted by Gasteiger charge is -2.46. The van der Waals surface area contributed by atoms with Crippen molar-refractivity contribution < 1.29 is 18.7 Å². The third-order valence-electron chi connectivity index (χ3n) is 10.3. The van der Waals surface area contributed by atoms with E-state index in [1.807, 2.05) is 4.90 Å². The number of hydrogen-bond donors (Lipinski definition) is 2. The number of aromatic nitrogens is 2. The zero-order valence-corrected chi connectivity index (χ0v) is 23.3. The van der Waals surface area contributed by atoms with Crippen LogP contribution in [0.2, 0.25) is 0 Å². The summed E-state index contributed by atoms with van der Waals surface area (Å²) < 4.78 is 30.4. The van der Waals surface area contributed by atoms with Crippen molar-refractivity contribution in [3.63, 3.8) is 0 Å². The number of carbonyl (C=O) groups excluding carboxylic acids is 1. The van der Waals surface area contributed by atoms with Crippen LogP contribution in [0, 0.1) is 35.3 Å². The molecule has 0 spiro atoms. The van der Waals surface area contributed by atoms with E-state index in [4.69, 9.17) is 4.98 Å². The Morgan fingerprint density at radius 1 is 1.12 bits per heavy atom. The van der Waals surface area contributed by atoms with Crippen LogP contribution in [-0.4, -0.2) is 45.3 Å². The number of fused-ring (bicyclic) bond motifs is 2. The Morgan fingerprint density at radius 3 is 2.78 bits per heavy atom. The van der Waals surface area contributed by atoms with Crippen molar-refractivity contribution in [1.29, 1.82) is 0 Å². The molecule has 3 aromatic rings. The first kappa shape index (κ1) is 26.6. The molecule has 2 N–H and O–H groups in total. The molecule has 1 aromatic carbocycles. The van der Waals surface area contributed by atoms with Crippen molar-refractivity contribution >= 4 is 22.8 Å². The third-order valence-corrected chi connectivity index (χ3v) is 10.3. The lowest BCUT2D eigenvalue weighted by Crippen LogP contribution is -2.51. The van der Waals surface area contributed by atoms with Crippen LogP contribution in [0.5, 0.6) is 0 Å². The standard InChI is InChI=1S/C32H36F2N4O3/c1-32(14-18-10-19-12-20(15-32)24(19)11-18)36-31(41)25-16-38(27-7-5-21(33)13-26(27)34)30-23(29(25)40)6-8-28(35-30)37-9-3-2-4-22(37)17-39/h5-8,13,16,18-20,22,24,39H,2-4,9-12,14-15,17H2,1H3,(H,36,41). The van der Waals surface area contributed by atoms with Crippen molar-refractivity contribution in [1.82, 2.24) is 14.9 Å². The summed E-state index contributed by atoms with van der Waals surface area (Å²) in [5.41, 5.74) is -0.823. The zero-order valence-electron chi connectivity index (χ0n) is 23.3. The van der Waals surface area contributed by atoms with E-state index in [1.54, 1.807) is 12.1 Å². The van der Waals surface area contributed by atoms with Gasteiger partial charge < -0.3 is 15.3 Å². The Bertz CT molecular complexity index is 1590. The van der Waals surface area contributed by atoms with Gasteiger partial charge >= 0.3 is 0 Å². The molecule has 1 saturated heterocycles. The molecular weight excluding hydrogens is 526 g/mol. The Morgan fingerprint density at radius 2 is 1.98 bits per heavy atom. The molecule has 216 valence electrons. The zero-order chi connectivity index (χ0) is 28.5. The number of rotatable bonds is 5.